The molecule has 0 radical (unpaired) electrons. The fourth-order valence-electron chi connectivity index (χ4n) is 2.14. The molecule has 1 rings (SSSR count). The van der Waals surface area contributed by atoms with Crippen LogP contribution in [0.25, 0.3) is 0 Å². The number of amides is 2. The highest BCUT2D eigenvalue weighted by Gasteiger charge is 2.41. The van der Waals surface area contributed by atoms with Gasteiger partial charge in [-0.2, -0.15) is 0 Å². The largest absolute Gasteiger partial charge is 0.354 e. The van der Waals surface area contributed by atoms with Crippen LogP contribution in [0.2, 0.25) is 0 Å². The number of rotatable bonds is 5. The lowest BCUT2D eigenvalue weighted by Gasteiger charge is -2.28. The fraction of sp³-hybridized carbons (Fsp3) is 0.692. The first-order chi connectivity index (χ1) is 8.00. The summed E-state index contributed by atoms with van der Waals surface area (Å²) in [5.74, 6) is 0.0815. The van der Waals surface area contributed by atoms with E-state index in [1.165, 1.54) is 6.08 Å². The van der Waals surface area contributed by atoms with E-state index in [4.69, 9.17) is 0 Å². The molecular formula is C13H22N2O2. The predicted octanol–water partition coefficient (Wildman–Crippen LogP) is 1.37. The maximum Gasteiger partial charge on any atom is 0.245 e. The third kappa shape index (κ3) is 3.58. The van der Waals surface area contributed by atoms with E-state index in [2.05, 4.69) is 17.2 Å². The summed E-state index contributed by atoms with van der Waals surface area (Å²) in [4.78, 5) is 23.6. The molecule has 0 aliphatic heterocycles. The minimum Gasteiger partial charge on any atom is -0.354 e. The van der Waals surface area contributed by atoms with Crippen molar-refractivity contribution in [3.05, 3.63) is 12.7 Å². The third-order valence-corrected chi connectivity index (χ3v) is 3.11. The van der Waals surface area contributed by atoms with Gasteiger partial charge in [-0.05, 0) is 24.8 Å². The Labute approximate surface area is 103 Å². The number of carbonyl (C=O) groups is 2. The first kappa shape index (κ1) is 13.7. The molecule has 17 heavy (non-hydrogen) atoms. The van der Waals surface area contributed by atoms with Gasteiger partial charge in [-0.15, -0.1) is 0 Å². The highest BCUT2D eigenvalue weighted by Crippen LogP contribution is 2.29. The summed E-state index contributed by atoms with van der Waals surface area (Å²) in [7, 11) is 0. The second-order valence-electron chi connectivity index (χ2n) is 5.09. The molecule has 4 nitrogen and oxygen atoms in total. The van der Waals surface area contributed by atoms with Crippen molar-refractivity contribution in [3.8, 4) is 0 Å². The molecule has 0 spiro atoms. The molecule has 1 fully saturated rings. The minimum atomic E-state index is -0.708. The first-order valence-corrected chi connectivity index (χ1v) is 6.23. The zero-order chi connectivity index (χ0) is 12.9. The van der Waals surface area contributed by atoms with Gasteiger partial charge >= 0.3 is 0 Å². The Morgan fingerprint density at radius 3 is 2.41 bits per heavy atom. The quantitative estimate of drug-likeness (QED) is 0.711. The van der Waals surface area contributed by atoms with Gasteiger partial charge in [-0.3, -0.25) is 9.59 Å². The lowest BCUT2D eigenvalue weighted by Crippen LogP contribution is -2.57. The van der Waals surface area contributed by atoms with E-state index < -0.39 is 5.54 Å². The molecule has 0 heterocycles. The van der Waals surface area contributed by atoms with E-state index in [0.29, 0.717) is 12.5 Å². The van der Waals surface area contributed by atoms with Crippen LogP contribution in [0.5, 0.6) is 0 Å². The molecule has 0 unspecified atom stereocenters. The average molecular weight is 238 g/mol. The van der Waals surface area contributed by atoms with Crippen molar-refractivity contribution in [2.24, 2.45) is 5.92 Å². The summed E-state index contributed by atoms with van der Waals surface area (Å²) < 4.78 is 0. The predicted molar refractivity (Wildman–Crippen MR) is 67.4 cm³/mol. The Morgan fingerprint density at radius 1 is 1.35 bits per heavy atom. The monoisotopic (exact) mass is 238 g/mol. The third-order valence-electron chi connectivity index (χ3n) is 3.11. The Kier molecular flexibility index (Phi) is 4.73. The van der Waals surface area contributed by atoms with Gasteiger partial charge in [0, 0.05) is 6.54 Å². The van der Waals surface area contributed by atoms with Crippen molar-refractivity contribution < 1.29 is 9.59 Å². The van der Waals surface area contributed by atoms with Gasteiger partial charge in [0.15, 0.2) is 0 Å². The molecule has 2 amide bonds. The van der Waals surface area contributed by atoms with E-state index in [1.54, 1.807) is 0 Å². The van der Waals surface area contributed by atoms with E-state index in [-0.39, 0.29) is 11.8 Å². The van der Waals surface area contributed by atoms with Crippen LogP contribution < -0.4 is 10.6 Å². The van der Waals surface area contributed by atoms with Gasteiger partial charge < -0.3 is 10.6 Å². The number of carbonyl (C=O) groups excluding carboxylic acids is 2. The zero-order valence-corrected chi connectivity index (χ0v) is 10.7. The summed E-state index contributed by atoms with van der Waals surface area (Å²) in [5, 5.41) is 5.70. The Hall–Kier alpha value is -1.32. The normalized spacial score (nSPS) is 17.8. The molecule has 0 bridgehead atoms. The van der Waals surface area contributed by atoms with E-state index >= 15 is 0 Å². The number of nitrogens with one attached hydrogen (secondary N) is 2. The van der Waals surface area contributed by atoms with Crippen LogP contribution in [0, 0.1) is 5.92 Å². The van der Waals surface area contributed by atoms with Gasteiger partial charge in [0.2, 0.25) is 11.8 Å². The number of hydrogen-bond donors (Lipinski definition) is 2. The van der Waals surface area contributed by atoms with Crippen molar-refractivity contribution in [1.82, 2.24) is 10.6 Å². The second-order valence-corrected chi connectivity index (χ2v) is 5.09. The highest BCUT2D eigenvalue weighted by molar-refractivity contribution is 5.95. The molecule has 0 saturated heterocycles. The maximum absolute atomic E-state index is 12.2. The van der Waals surface area contributed by atoms with Gasteiger partial charge in [0.05, 0.1) is 0 Å². The molecule has 4 heteroatoms. The lowest BCUT2D eigenvalue weighted by atomic mass is 9.96. The molecule has 2 N–H and O–H groups in total. The van der Waals surface area contributed by atoms with Gasteiger partial charge in [0.25, 0.3) is 0 Å². The summed E-state index contributed by atoms with van der Waals surface area (Å²) >= 11 is 0. The van der Waals surface area contributed by atoms with Crippen LogP contribution >= 0.6 is 0 Å². The molecule has 0 aromatic carbocycles. The fourth-order valence-corrected chi connectivity index (χ4v) is 2.14. The van der Waals surface area contributed by atoms with Gasteiger partial charge in [-0.25, -0.2) is 0 Å². The standard InChI is InChI=1S/C13H22N2O2/c1-4-11(16)15-13(7-5-6-8-13)12(17)14-9-10(2)3/h4,10H,1,5-9H2,2-3H3,(H,14,17)(H,15,16). The Morgan fingerprint density at radius 2 is 1.94 bits per heavy atom. The van der Waals surface area contributed by atoms with Crippen LogP contribution in [0.4, 0.5) is 0 Å². The van der Waals surface area contributed by atoms with Gasteiger partial charge in [0.1, 0.15) is 5.54 Å². The minimum absolute atomic E-state index is 0.0566. The van der Waals surface area contributed by atoms with Crippen molar-refractivity contribution >= 4 is 11.8 Å². The smallest absolute Gasteiger partial charge is 0.245 e. The van der Waals surface area contributed by atoms with Crippen LogP contribution in [0.1, 0.15) is 39.5 Å². The highest BCUT2D eigenvalue weighted by atomic mass is 16.2. The summed E-state index contributed by atoms with van der Waals surface area (Å²) in [5.41, 5.74) is -0.708. The van der Waals surface area contributed by atoms with E-state index in [9.17, 15) is 9.59 Å². The molecule has 96 valence electrons. The summed E-state index contributed by atoms with van der Waals surface area (Å²) in [6.45, 7) is 8.16. The SMILES string of the molecule is C=CC(=O)NC1(C(=O)NCC(C)C)CCCC1. The molecular weight excluding hydrogens is 216 g/mol. The van der Waals surface area contributed by atoms with Crippen molar-refractivity contribution in [1.29, 1.82) is 0 Å². The molecule has 0 atom stereocenters. The maximum atomic E-state index is 12.2. The molecule has 1 saturated carbocycles. The van der Waals surface area contributed by atoms with Crippen LogP contribution in [-0.4, -0.2) is 23.9 Å². The molecule has 1 aliphatic rings. The van der Waals surface area contributed by atoms with Crippen molar-refractivity contribution in [3.63, 3.8) is 0 Å². The molecule has 0 aromatic heterocycles. The topological polar surface area (TPSA) is 58.2 Å². The Bertz CT molecular complexity index is 305. The van der Waals surface area contributed by atoms with Crippen LogP contribution in [0.15, 0.2) is 12.7 Å². The van der Waals surface area contributed by atoms with Crippen LogP contribution in [-0.2, 0) is 9.59 Å². The molecule has 0 aromatic rings. The number of hydrogen-bond acceptors (Lipinski definition) is 2. The molecule has 1 aliphatic carbocycles. The second kappa shape index (κ2) is 5.84. The van der Waals surface area contributed by atoms with Crippen LogP contribution in [0.3, 0.4) is 0 Å². The average Bonchev–Trinajstić information content (AvgIpc) is 2.75. The van der Waals surface area contributed by atoms with Gasteiger partial charge in [-0.1, -0.05) is 33.3 Å². The first-order valence-electron chi connectivity index (χ1n) is 6.23. The van der Waals surface area contributed by atoms with E-state index in [1.807, 2.05) is 13.8 Å². The van der Waals surface area contributed by atoms with E-state index in [0.717, 1.165) is 25.7 Å². The summed E-state index contributed by atoms with van der Waals surface area (Å²) in [6.07, 6.45) is 4.61. The lowest BCUT2D eigenvalue weighted by molar-refractivity contribution is -0.131. The van der Waals surface area contributed by atoms with Crippen molar-refractivity contribution in [2.45, 2.75) is 45.1 Å². The zero-order valence-electron chi connectivity index (χ0n) is 10.7. The Balaban J connectivity index is 2.66. The summed E-state index contributed by atoms with van der Waals surface area (Å²) in [6, 6.07) is 0. The van der Waals surface area contributed by atoms with Crippen molar-refractivity contribution in [2.75, 3.05) is 6.54 Å².